The van der Waals surface area contributed by atoms with Crippen LogP contribution in [0, 0.1) is 11.8 Å². The van der Waals surface area contributed by atoms with Gasteiger partial charge in [0.25, 0.3) is 0 Å². The van der Waals surface area contributed by atoms with Crippen LogP contribution in [0.25, 0.3) is 0 Å². The quantitative estimate of drug-likeness (QED) is 0.721. The van der Waals surface area contributed by atoms with Crippen molar-refractivity contribution in [2.24, 2.45) is 11.8 Å². The first-order valence-corrected chi connectivity index (χ1v) is 6.62. The van der Waals surface area contributed by atoms with Gasteiger partial charge in [-0.05, 0) is 27.2 Å². The van der Waals surface area contributed by atoms with Crippen LogP contribution in [0.1, 0.15) is 27.2 Å². The highest BCUT2D eigenvalue weighted by molar-refractivity contribution is 5.76. The third-order valence-corrected chi connectivity index (χ3v) is 3.71. The summed E-state index contributed by atoms with van der Waals surface area (Å²) in [5.41, 5.74) is -0.541. The summed E-state index contributed by atoms with van der Waals surface area (Å²) in [5, 5.41) is 6.07. The second-order valence-corrected chi connectivity index (χ2v) is 6.22. The number of esters is 1. The molecule has 0 aromatic carbocycles. The van der Waals surface area contributed by atoms with Crippen LogP contribution in [0.5, 0.6) is 0 Å². The number of carbonyl (C=O) groups is 2. The van der Waals surface area contributed by atoms with Crippen LogP contribution in [0.15, 0.2) is 0 Å². The summed E-state index contributed by atoms with van der Waals surface area (Å²) < 4.78 is 10.1. The molecule has 2 N–H and O–H groups in total. The van der Waals surface area contributed by atoms with Crippen LogP contribution in [0.3, 0.4) is 0 Å². The van der Waals surface area contributed by atoms with Gasteiger partial charge < -0.3 is 20.1 Å². The van der Waals surface area contributed by atoms with Gasteiger partial charge in [0.05, 0.1) is 13.0 Å². The highest BCUT2D eigenvalue weighted by Gasteiger charge is 2.52. The molecule has 108 valence electrons. The topological polar surface area (TPSA) is 76.7 Å². The third-order valence-electron chi connectivity index (χ3n) is 3.71. The van der Waals surface area contributed by atoms with Gasteiger partial charge in [-0.15, -0.1) is 0 Å². The Balaban J connectivity index is 1.98. The fraction of sp³-hybridized carbons (Fsp3) is 0.846. The highest BCUT2D eigenvalue weighted by atomic mass is 16.6. The smallest absolute Gasteiger partial charge is 0.407 e. The molecule has 0 bridgehead atoms. The van der Waals surface area contributed by atoms with Crippen molar-refractivity contribution >= 4 is 12.1 Å². The number of amides is 1. The van der Waals surface area contributed by atoms with E-state index >= 15 is 0 Å². The van der Waals surface area contributed by atoms with Crippen molar-refractivity contribution in [3.63, 3.8) is 0 Å². The van der Waals surface area contributed by atoms with E-state index in [4.69, 9.17) is 9.47 Å². The molecule has 19 heavy (non-hydrogen) atoms. The van der Waals surface area contributed by atoms with Gasteiger partial charge in [0.2, 0.25) is 0 Å². The first kappa shape index (κ1) is 14.1. The van der Waals surface area contributed by atoms with Gasteiger partial charge in [-0.3, -0.25) is 4.79 Å². The average molecular weight is 270 g/mol. The summed E-state index contributed by atoms with van der Waals surface area (Å²) >= 11 is 0. The van der Waals surface area contributed by atoms with Crippen molar-refractivity contribution in [1.82, 2.24) is 10.6 Å². The monoisotopic (exact) mass is 270 g/mol. The van der Waals surface area contributed by atoms with Gasteiger partial charge in [-0.2, -0.15) is 0 Å². The Morgan fingerprint density at radius 2 is 2.00 bits per heavy atom. The van der Waals surface area contributed by atoms with Crippen LogP contribution in [-0.2, 0) is 14.3 Å². The van der Waals surface area contributed by atoms with Crippen molar-refractivity contribution < 1.29 is 19.1 Å². The van der Waals surface area contributed by atoms with E-state index in [1.807, 2.05) is 20.8 Å². The summed E-state index contributed by atoms with van der Waals surface area (Å²) in [6, 6.07) is 0.0799. The molecule has 6 heteroatoms. The van der Waals surface area contributed by atoms with Crippen LogP contribution in [0.4, 0.5) is 4.79 Å². The van der Waals surface area contributed by atoms with Crippen LogP contribution >= 0.6 is 0 Å². The fourth-order valence-electron chi connectivity index (χ4n) is 2.86. The largest absolute Gasteiger partial charge is 0.469 e. The molecule has 2 rings (SSSR count). The molecule has 6 nitrogen and oxygen atoms in total. The Hall–Kier alpha value is -1.30. The number of hydrogen-bond donors (Lipinski definition) is 2. The lowest BCUT2D eigenvalue weighted by Gasteiger charge is -2.34. The van der Waals surface area contributed by atoms with Crippen molar-refractivity contribution in [1.29, 1.82) is 0 Å². The SMILES string of the molecule is COC(=O)C1C(NC(=O)OC(C)(C)C)CC2NCC21. The number of ether oxygens (including phenoxy) is 2. The van der Waals surface area contributed by atoms with Gasteiger partial charge in [0.1, 0.15) is 5.60 Å². The summed E-state index contributed by atoms with van der Waals surface area (Å²) in [4.78, 5) is 23.6. The zero-order chi connectivity index (χ0) is 14.2. The number of methoxy groups -OCH3 is 1. The number of alkyl carbamates (subject to hydrolysis) is 1. The molecule has 1 aliphatic carbocycles. The van der Waals surface area contributed by atoms with Gasteiger partial charge in [-0.1, -0.05) is 0 Å². The predicted octanol–water partition coefficient (Wildman–Crippen LogP) is 0.661. The summed E-state index contributed by atoms with van der Waals surface area (Å²) in [5.74, 6) is -0.272. The first-order valence-electron chi connectivity index (χ1n) is 6.62. The molecule has 0 radical (unpaired) electrons. The van der Waals surface area contributed by atoms with E-state index in [2.05, 4.69) is 10.6 Å². The van der Waals surface area contributed by atoms with Crippen molar-refractivity contribution in [2.75, 3.05) is 13.7 Å². The molecule has 0 aromatic heterocycles. The molecule has 2 aliphatic rings. The average Bonchev–Trinajstić information content (AvgIpc) is 2.48. The molecule has 4 atom stereocenters. The minimum atomic E-state index is -0.541. The molecule has 1 aliphatic heterocycles. The normalized spacial score (nSPS) is 33.1. The minimum Gasteiger partial charge on any atom is -0.469 e. The minimum absolute atomic E-state index is 0.215. The molecule has 2 fully saturated rings. The third kappa shape index (κ3) is 3.00. The lowest BCUT2D eigenvalue weighted by molar-refractivity contribution is -0.148. The van der Waals surface area contributed by atoms with E-state index in [0.717, 1.165) is 13.0 Å². The lowest BCUT2D eigenvalue weighted by Crippen LogP contribution is -2.53. The Bertz CT molecular complexity index is 377. The predicted molar refractivity (Wildman–Crippen MR) is 68.6 cm³/mol. The fourth-order valence-corrected chi connectivity index (χ4v) is 2.86. The number of fused-ring (bicyclic) bond motifs is 1. The van der Waals surface area contributed by atoms with Crippen molar-refractivity contribution in [2.45, 2.75) is 44.9 Å². The number of hydrogen-bond acceptors (Lipinski definition) is 5. The molecular weight excluding hydrogens is 248 g/mol. The molecular formula is C13H22N2O4. The van der Waals surface area contributed by atoms with Crippen LogP contribution in [-0.4, -0.2) is 43.4 Å². The van der Waals surface area contributed by atoms with Gasteiger partial charge in [0, 0.05) is 24.5 Å². The maximum atomic E-state index is 11.8. The van der Waals surface area contributed by atoms with Crippen molar-refractivity contribution in [3.05, 3.63) is 0 Å². The maximum Gasteiger partial charge on any atom is 0.407 e. The van der Waals surface area contributed by atoms with E-state index in [1.54, 1.807) is 0 Å². The Labute approximate surface area is 113 Å². The molecule has 1 amide bonds. The lowest BCUT2D eigenvalue weighted by atomic mass is 9.87. The standard InChI is InChI=1S/C13H22N2O4/c1-13(2,3)19-12(17)15-9-5-8-7(6-14-8)10(9)11(16)18-4/h7-10,14H,5-6H2,1-4H3,(H,15,17). The number of rotatable bonds is 2. The Kier molecular flexibility index (Phi) is 3.71. The Morgan fingerprint density at radius 1 is 1.32 bits per heavy atom. The zero-order valence-electron chi connectivity index (χ0n) is 11.9. The molecule has 0 aromatic rings. The van der Waals surface area contributed by atoms with E-state index in [-0.39, 0.29) is 23.8 Å². The van der Waals surface area contributed by atoms with Gasteiger partial charge in [0.15, 0.2) is 0 Å². The number of carbonyl (C=O) groups excluding carboxylic acids is 2. The van der Waals surface area contributed by atoms with E-state index in [9.17, 15) is 9.59 Å². The summed E-state index contributed by atoms with van der Waals surface area (Å²) in [7, 11) is 1.38. The molecule has 0 spiro atoms. The van der Waals surface area contributed by atoms with Crippen LogP contribution in [0.2, 0.25) is 0 Å². The molecule has 1 saturated carbocycles. The molecule has 4 unspecified atom stereocenters. The molecule has 1 heterocycles. The van der Waals surface area contributed by atoms with E-state index < -0.39 is 11.7 Å². The summed E-state index contributed by atoms with van der Waals surface area (Å²) in [6.07, 6.45) is 0.261. The van der Waals surface area contributed by atoms with E-state index in [0.29, 0.717) is 6.04 Å². The highest BCUT2D eigenvalue weighted by Crippen LogP contribution is 2.38. The second kappa shape index (κ2) is 5.00. The van der Waals surface area contributed by atoms with Gasteiger partial charge >= 0.3 is 12.1 Å². The summed E-state index contributed by atoms with van der Waals surface area (Å²) in [6.45, 7) is 6.23. The maximum absolute atomic E-state index is 11.8. The number of nitrogens with one attached hydrogen (secondary N) is 2. The van der Waals surface area contributed by atoms with Crippen LogP contribution < -0.4 is 10.6 Å². The van der Waals surface area contributed by atoms with Crippen molar-refractivity contribution in [3.8, 4) is 0 Å². The van der Waals surface area contributed by atoms with Gasteiger partial charge in [-0.25, -0.2) is 4.79 Å². The molecule has 1 saturated heterocycles. The first-order chi connectivity index (χ1) is 8.81. The van der Waals surface area contributed by atoms with E-state index in [1.165, 1.54) is 7.11 Å². The zero-order valence-corrected chi connectivity index (χ0v) is 11.9. The Morgan fingerprint density at radius 3 is 2.47 bits per heavy atom. The second-order valence-electron chi connectivity index (χ2n) is 6.22.